The molecular weight excluding hydrogens is 901 g/mol. The molecule has 0 N–H and O–H groups in total. The molecule has 0 saturated carbocycles. The third-order valence-electron chi connectivity index (χ3n) is 10.3. The van der Waals surface area contributed by atoms with Crippen LogP contribution >= 0.6 is 0 Å². The van der Waals surface area contributed by atoms with Crippen LogP contribution < -0.4 is 0 Å². The molecule has 0 heterocycles. The Morgan fingerprint density at radius 2 is 0.493 bits per heavy atom. The van der Waals surface area contributed by atoms with Gasteiger partial charge in [0, 0.05) is 19.3 Å². The second-order valence-corrected chi connectivity index (χ2v) is 17.0. The minimum atomic E-state index is -0.881. The van der Waals surface area contributed by atoms with Gasteiger partial charge in [0.15, 0.2) is 6.10 Å². The lowest BCUT2D eigenvalue weighted by molar-refractivity contribution is -0.166. The van der Waals surface area contributed by atoms with Gasteiger partial charge < -0.3 is 14.2 Å². The molecule has 0 spiro atoms. The Kier molecular flexibility index (Phi) is 53.7. The van der Waals surface area contributed by atoms with Crippen LogP contribution in [0.4, 0.5) is 0 Å². The van der Waals surface area contributed by atoms with Gasteiger partial charge in [0.05, 0.1) is 0 Å². The lowest BCUT2D eigenvalue weighted by atomic mass is 10.2. The van der Waals surface area contributed by atoms with Crippen molar-refractivity contribution in [1.29, 1.82) is 0 Å². The van der Waals surface area contributed by atoms with Crippen molar-refractivity contribution in [3.05, 3.63) is 207 Å². The first-order chi connectivity index (χ1) is 36.0. The minimum absolute atomic E-state index is 0.168. The highest BCUT2D eigenvalue weighted by atomic mass is 16.6. The minimum Gasteiger partial charge on any atom is -0.462 e. The van der Waals surface area contributed by atoms with Gasteiger partial charge in [-0.25, -0.2) is 0 Å². The van der Waals surface area contributed by atoms with E-state index in [-0.39, 0.29) is 38.4 Å². The van der Waals surface area contributed by atoms with Crippen LogP contribution in [0.1, 0.15) is 175 Å². The molecule has 0 aliphatic heterocycles. The second kappa shape index (κ2) is 58.6. The van der Waals surface area contributed by atoms with Crippen LogP contribution in [0.15, 0.2) is 207 Å². The summed E-state index contributed by atoms with van der Waals surface area (Å²) in [4.78, 5) is 37.9. The van der Waals surface area contributed by atoms with Gasteiger partial charge >= 0.3 is 17.9 Å². The summed E-state index contributed by atoms with van der Waals surface area (Å²) >= 11 is 0. The van der Waals surface area contributed by atoms with Crippen LogP contribution in [0.3, 0.4) is 0 Å². The summed E-state index contributed by atoms with van der Waals surface area (Å²) in [7, 11) is 0. The van der Waals surface area contributed by atoms with Gasteiger partial charge in [-0.05, 0) is 135 Å². The zero-order valence-corrected chi connectivity index (χ0v) is 45.5. The van der Waals surface area contributed by atoms with Crippen LogP contribution in [0.25, 0.3) is 0 Å². The number of unbranched alkanes of at least 4 members (excludes halogenated alkanes) is 1. The Balaban J connectivity index is 4.56. The highest BCUT2D eigenvalue weighted by Crippen LogP contribution is 2.08. The molecule has 0 saturated heterocycles. The predicted octanol–water partition coefficient (Wildman–Crippen LogP) is 18.9. The molecule has 0 aromatic carbocycles. The van der Waals surface area contributed by atoms with Crippen molar-refractivity contribution in [2.75, 3.05) is 13.2 Å². The van der Waals surface area contributed by atoms with E-state index in [1.165, 1.54) is 0 Å². The average molecular weight is 997 g/mol. The van der Waals surface area contributed by atoms with Gasteiger partial charge in [-0.15, -0.1) is 0 Å². The van der Waals surface area contributed by atoms with Gasteiger partial charge in [-0.1, -0.05) is 227 Å². The van der Waals surface area contributed by atoms with Gasteiger partial charge in [-0.2, -0.15) is 0 Å². The summed E-state index contributed by atoms with van der Waals surface area (Å²) in [5.74, 6) is -1.21. The first-order valence-electron chi connectivity index (χ1n) is 27.6. The molecule has 0 bridgehead atoms. The highest BCUT2D eigenvalue weighted by molar-refractivity contribution is 5.71. The largest absolute Gasteiger partial charge is 0.462 e. The summed E-state index contributed by atoms with van der Waals surface area (Å²) in [6.45, 7) is 6.07. The van der Waals surface area contributed by atoms with E-state index < -0.39 is 18.0 Å². The van der Waals surface area contributed by atoms with E-state index in [2.05, 4.69) is 203 Å². The normalized spacial score (nSPS) is 13.7. The molecule has 0 radical (unpaired) electrons. The van der Waals surface area contributed by atoms with Crippen LogP contribution in [-0.4, -0.2) is 37.2 Å². The lowest BCUT2D eigenvalue weighted by Crippen LogP contribution is -2.30. The molecule has 1 unspecified atom stereocenters. The first kappa shape index (κ1) is 67.0. The van der Waals surface area contributed by atoms with Crippen LogP contribution in [-0.2, 0) is 28.6 Å². The Bertz CT molecular complexity index is 1860. The van der Waals surface area contributed by atoms with E-state index in [1.54, 1.807) is 0 Å². The molecule has 0 aliphatic carbocycles. The maximum absolute atomic E-state index is 12.8. The Morgan fingerprint density at radius 3 is 0.767 bits per heavy atom. The number of hydrogen-bond acceptors (Lipinski definition) is 6. The molecule has 0 amide bonds. The fourth-order valence-corrected chi connectivity index (χ4v) is 6.29. The molecule has 73 heavy (non-hydrogen) atoms. The smallest absolute Gasteiger partial charge is 0.306 e. The SMILES string of the molecule is CC/C=C\C/C=C\C/C=C\C/C=C\C/C=C\C/C=C\C/C=C\C/C=C\C/C=C\CCCC(=O)OCC(COC(=O)CC/C=C\C/C=C\C/C=C\C/C=C\CC)OC(=O)CC/C=C\C/C=C\C/C=C\C/C=C\CC. The number of hydrogen-bond donors (Lipinski definition) is 0. The molecule has 1 atom stereocenters. The van der Waals surface area contributed by atoms with Gasteiger partial charge in [0.2, 0.25) is 0 Å². The zero-order valence-electron chi connectivity index (χ0n) is 45.5. The summed E-state index contributed by atoms with van der Waals surface area (Å²) in [6, 6.07) is 0. The van der Waals surface area contributed by atoms with Crippen molar-refractivity contribution in [2.24, 2.45) is 0 Å². The molecule has 0 aromatic heterocycles. The molecule has 6 nitrogen and oxygen atoms in total. The summed E-state index contributed by atoms with van der Waals surface area (Å²) < 4.78 is 16.6. The fraction of sp³-hybridized carbons (Fsp3) is 0.448. The Morgan fingerprint density at radius 1 is 0.274 bits per heavy atom. The topological polar surface area (TPSA) is 78.9 Å². The number of esters is 3. The van der Waals surface area contributed by atoms with E-state index in [1.807, 2.05) is 24.3 Å². The number of carbonyl (C=O) groups is 3. The second-order valence-electron chi connectivity index (χ2n) is 17.0. The maximum Gasteiger partial charge on any atom is 0.306 e. The van der Waals surface area contributed by atoms with Crippen LogP contribution in [0, 0.1) is 0 Å². The van der Waals surface area contributed by atoms with Crippen molar-refractivity contribution >= 4 is 17.9 Å². The van der Waals surface area contributed by atoms with Crippen molar-refractivity contribution in [3.8, 4) is 0 Å². The predicted molar refractivity (Wildman–Crippen MR) is 315 cm³/mol. The average Bonchev–Trinajstić information content (AvgIpc) is 3.39. The van der Waals surface area contributed by atoms with Gasteiger partial charge in [-0.3, -0.25) is 14.4 Å². The number of ether oxygens (including phenoxy) is 3. The monoisotopic (exact) mass is 997 g/mol. The van der Waals surface area contributed by atoms with Crippen LogP contribution in [0.5, 0.6) is 0 Å². The third-order valence-corrected chi connectivity index (χ3v) is 10.3. The van der Waals surface area contributed by atoms with Crippen molar-refractivity contribution < 1.29 is 28.6 Å². The Hall–Kier alpha value is -6.01. The van der Waals surface area contributed by atoms with Gasteiger partial charge in [0.25, 0.3) is 0 Å². The Labute approximate surface area is 445 Å². The maximum atomic E-state index is 12.8. The first-order valence-corrected chi connectivity index (χ1v) is 27.6. The number of carbonyl (C=O) groups excluding carboxylic acids is 3. The zero-order chi connectivity index (χ0) is 52.9. The third kappa shape index (κ3) is 56.8. The molecular formula is C67H96O6. The standard InChI is InChI=1S/C67H96O6/c1-4-7-10-13-16-19-22-25-26-27-28-29-30-31-32-33-34-35-36-37-38-39-40-43-45-48-51-54-57-60-66(69)72-63-64(73-67(70)61-58-55-52-49-46-42-24-21-18-15-12-9-6-3)62-71-65(68)59-56-53-50-47-44-41-23-20-17-14-11-8-5-2/h7-12,16-21,25-26,28-29,31-32,34-35,37-38,40-44,46,48,50-53,55,64H,4-6,13-15,22-24,27,30,33,36,39,45,47,49,54,56-63H2,1-3H3/b10-7-,11-8-,12-9-,19-16-,20-17-,21-18-,26-25-,29-28-,32-31-,35-34-,38-37-,43-40-,44-41-,46-42-,51-48-,53-50-,55-52-. The summed E-state index contributed by atoms with van der Waals surface area (Å²) in [5, 5.41) is 0. The number of rotatable bonds is 46. The van der Waals surface area contributed by atoms with Crippen molar-refractivity contribution in [3.63, 3.8) is 0 Å². The van der Waals surface area contributed by atoms with Gasteiger partial charge in [0.1, 0.15) is 13.2 Å². The van der Waals surface area contributed by atoms with Crippen molar-refractivity contribution in [1.82, 2.24) is 0 Å². The molecule has 6 heteroatoms. The summed E-state index contributed by atoms with van der Waals surface area (Å²) in [5.41, 5.74) is 0. The highest BCUT2D eigenvalue weighted by Gasteiger charge is 2.19. The molecule has 0 aliphatic rings. The lowest BCUT2D eigenvalue weighted by Gasteiger charge is -2.18. The van der Waals surface area contributed by atoms with E-state index in [0.29, 0.717) is 19.3 Å². The van der Waals surface area contributed by atoms with E-state index in [4.69, 9.17) is 14.2 Å². The van der Waals surface area contributed by atoms with E-state index in [9.17, 15) is 14.4 Å². The van der Waals surface area contributed by atoms with Crippen molar-refractivity contribution in [2.45, 2.75) is 181 Å². The fourth-order valence-electron chi connectivity index (χ4n) is 6.29. The van der Waals surface area contributed by atoms with E-state index >= 15 is 0 Å². The molecule has 0 aromatic rings. The molecule has 400 valence electrons. The molecule has 0 rings (SSSR count). The molecule has 0 fully saturated rings. The number of allylic oxidation sites excluding steroid dienone is 34. The quantitative estimate of drug-likeness (QED) is 0.0262. The van der Waals surface area contributed by atoms with Crippen LogP contribution in [0.2, 0.25) is 0 Å². The summed E-state index contributed by atoms with van der Waals surface area (Å²) in [6.07, 6.45) is 91.5. The van der Waals surface area contributed by atoms with E-state index in [0.717, 1.165) is 116 Å².